The number of carbonyl (C=O) groups excluding carboxylic acids is 2. The van der Waals surface area contributed by atoms with Crippen molar-refractivity contribution in [2.75, 3.05) is 31.6 Å². The first-order valence-corrected chi connectivity index (χ1v) is 9.48. The first-order chi connectivity index (χ1) is 14.1. The number of ether oxygens (including phenoxy) is 1. The van der Waals surface area contributed by atoms with E-state index in [4.69, 9.17) is 20.8 Å². The van der Waals surface area contributed by atoms with Gasteiger partial charge in [0.25, 0.3) is 11.8 Å². The van der Waals surface area contributed by atoms with Crippen molar-refractivity contribution in [1.29, 1.82) is 0 Å². The topological polar surface area (TPSA) is 84.7 Å². The molecule has 8 heteroatoms. The quantitative estimate of drug-likeness (QED) is 0.707. The van der Waals surface area contributed by atoms with Crippen molar-refractivity contribution in [2.24, 2.45) is 0 Å². The highest BCUT2D eigenvalue weighted by molar-refractivity contribution is 6.34. The summed E-state index contributed by atoms with van der Waals surface area (Å²) in [7, 11) is 0. The molecule has 4 rings (SSSR count). The van der Waals surface area contributed by atoms with Crippen LogP contribution in [0, 0.1) is 0 Å². The largest absolute Gasteiger partial charge is 0.443 e. The second-order valence-electron chi connectivity index (χ2n) is 6.41. The Morgan fingerprint density at radius 2 is 1.76 bits per heavy atom. The van der Waals surface area contributed by atoms with E-state index in [1.807, 2.05) is 0 Å². The molecule has 1 saturated heterocycles. The number of benzene rings is 2. The first-order valence-electron chi connectivity index (χ1n) is 9.11. The highest BCUT2D eigenvalue weighted by Crippen LogP contribution is 2.29. The molecule has 148 valence electrons. The van der Waals surface area contributed by atoms with Crippen LogP contribution in [0.5, 0.6) is 0 Å². The smallest absolute Gasteiger partial charge is 0.278 e. The number of hydrogen-bond donors (Lipinski definition) is 1. The summed E-state index contributed by atoms with van der Waals surface area (Å²) < 4.78 is 10.8. The van der Waals surface area contributed by atoms with Crippen LogP contribution in [0.1, 0.15) is 20.8 Å². The van der Waals surface area contributed by atoms with Crippen molar-refractivity contribution in [3.05, 3.63) is 71.2 Å². The Kier molecular flexibility index (Phi) is 5.59. The zero-order valence-electron chi connectivity index (χ0n) is 15.4. The molecular formula is C21H18ClN3O4. The average molecular weight is 412 g/mol. The van der Waals surface area contributed by atoms with Crippen molar-refractivity contribution in [1.82, 2.24) is 9.88 Å². The van der Waals surface area contributed by atoms with Gasteiger partial charge >= 0.3 is 0 Å². The number of nitrogens with zero attached hydrogens (tertiary/aromatic N) is 2. The summed E-state index contributed by atoms with van der Waals surface area (Å²) in [5, 5.41) is 3.14. The second-order valence-corrected chi connectivity index (χ2v) is 6.82. The number of morpholine rings is 1. The minimum absolute atomic E-state index is 0.0761. The fraction of sp³-hybridized carbons (Fsp3) is 0.190. The minimum Gasteiger partial charge on any atom is -0.443 e. The van der Waals surface area contributed by atoms with E-state index in [2.05, 4.69) is 10.3 Å². The standard InChI is InChI=1S/C21H18ClN3O4/c22-16-7-3-4-8-17(16)24-20(26)18-19(29-13-23-18)14-5-1-2-6-15(14)21(27)25-9-11-28-12-10-25/h1-8,13H,9-12H2,(H,24,26). The molecule has 0 unspecified atom stereocenters. The van der Waals surface area contributed by atoms with Crippen LogP contribution in [0.4, 0.5) is 5.69 Å². The number of rotatable bonds is 4. The fourth-order valence-corrected chi connectivity index (χ4v) is 3.33. The van der Waals surface area contributed by atoms with Crippen LogP contribution in [0.15, 0.2) is 59.3 Å². The maximum Gasteiger partial charge on any atom is 0.278 e. The molecule has 7 nitrogen and oxygen atoms in total. The van der Waals surface area contributed by atoms with Gasteiger partial charge < -0.3 is 19.4 Å². The third-order valence-corrected chi connectivity index (χ3v) is 4.93. The lowest BCUT2D eigenvalue weighted by Gasteiger charge is -2.27. The molecular weight excluding hydrogens is 394 g/mol. The molecule has 1 N–H and O–H groups in total. The third kappa shape index (κ3) is 4.01. The maximum atomic E-state index is 13.0. The Bertz CT molecular complexity index is 1040. The minimum atomic E-state index is -0.476. The van der Waals surface area contributed by atoms with Crippen molar-refractivity contribution in [3.63, 3.8) is 0 Å². The number of anilines is 1. The van der Waals surface area contributed by atoms with E-state index in [0.717, 1.165) is 0 Å². The molecule has 2 amide bonds. The number of hydrogen-bond acceptors (Lipinski definition) is 5. The summed E-state index contributed by atoms with van der Waals surface area (Å²) in [6, 6.07) is 13.9. The van der Waals surface area contributed by atoms with Crippen molar-refractivity contribution in [3.8, 4) is 11.3 Å². The predicted octanol–water partition coefficient (Wildman–Crippen LogP) is 3.72. The van der Waals surface area contributed by atoms with Crippen LogP contribution in [-0.4, -0.2) is 48.0 Å². The van der Waals surface area contributed by atoms with Crippen molar-refractivity contribution in [2.45, 2.75) is 0 Å². The number of para-hydroxylation sites is 1. The average Bonchev–Trinajstić information content (AvgIpc) is 3.25. The van der Waals surface area contributed by atoms with Crippen LogP contribution in [0.2, 0.25) is 5.02 Å². The molecule has 1 aliphatic rings. The van der Waals surface area contributed by atoms with E-state index in [1.54, 1.807) is 53.4 Å². The summed E-state index contributed by atoms with van der Waals surface area (Å²) >= 11 is 6.12. The van der Waals surface area contributed by atoms with E-state index >= 15 is 0 Å². The number of aromatic nitrogens is 1. The van der Waals surface area contributed by atoms with Crippen LogP contribution in [0.3, 0.4) is 0 Å². The van der Waals surface area contributed by atoms with E-state index in [-0.39, 0.29) is 17.4 Å². The van der Waals surface area contributed by atoms with Gasteiger partial charge in [0.15, 0.2) is 17.8 Å². The summed E-state index contributed by atoms with van der Waals surface area (Å²) in [4.78, 5) is 31.6. The van der Waals surface area contributed by atoms with Crippen LogP contribution in [0.25, 0.3) is 11.3 Å². The zero-order chi connectivity index (χ0) is 20.2. The molecule has 0 bridgehead atoms. The van der Waals surface area contributed by atoms with Crippen molar-refractivity contribution < 1.29 is 18.7 Å². The summed E-state index contributed by atoms with van der Waals surface area (Å²) in [6.07, 6.45) is 1.19. The number of oxazole rings is 1. The number of nitrogens with one attached hydrogen (secondary N) is 1. The van der Waals surface area contributed by atoms with Gasteiger partial charge in [-0.2, -0.15) is 0 Å². The fourth-order valence-electron chi connectivity index (χ4n) is 3.15. The monoisotopic (exact) mass is 411 g/mol. The van der Waals surface area contributed by atoms with E-state index in [0.29, 0.717) is 48.1 Å². The van der Waals surface area contributed by atoms with Gasteiger partial charge in [-0.1, -0.05) is 41.9 Å². The molecule has 2 aromatic carbocycles. The van der Waals surface area contributed by atoms with Crippen LogP contribution >= 0.6 is 11.6 Å². The Labute approximate surface area is 172 Å². The number of halogens is 1. The van der Waals surface area contributed by atoms with Gasteiger partial charge in [-0.15, -0.1) is 0 Å². The lowest BCUT2D eigenvalue weighted by atomic mass is 10.0. The van der Waals surface area contributed by atoms with Crippen LogP contribution < -0.4 is 5.32 Å². The SMILES string of the molecule is O=C(Nc1ccccc1Cl)c1ncoc1-c1ccccc1C(=O)N1CCOCC1. The second kappa shape index (κ2) is 8.46. The molecule has 0 aliphatic carbocycles. The normalized spacial score (nSPS) is 13.9. The maximum absolute atomic E-state index is 13.0. The highest BCUT2D eigenvalue weighted by atomic mass is 35.5. The molecule has 1 fully saturated rings. The van der Waals surface area contributed by atoms with Gasteiger partial charge in [-0.05, 0) is 18.2 Å². The molecule has 0 radical (unpaired) electrons. The molecule has 0 atom stereocenters. The van der Waals surface area contributed by atoms with Crippen molar-refractivity contribution >= 4 is 29.1 Å². The van der Waals surface area contributed by atoms with Crippen LogP contribution in [-0.2, 0) is 4.74 Å². The van der Waals surface area contributed by atoms with Gasteiger partial charge in [-0.3, -0.25) is 9.59 Å². The molecule has 29 heavy (non-hydrogen) atoms. The number of amides is 2. The molecule has 3 aromatic rings. The molecule has 0 spiro atoms. The van der Waals surface area contributed by atoms with E-state index in [1.165, 1.54) is 6.39 Å². The predicted molar refractivity (Wildman–Crippen MR) is 108 cm³/mol. The number of carbonyl (C=O) groups is 2. The lowest BCUT2D eigenvalue weighted by Crippen LogP contribution is -2.40. The Hall–Kier alpha value is -3.16. The first kappa shape index (κ1) is 19.2. The van der Waals surface area contributed by atoms with Gasteiger partial charge in [0.1, 0.15) is 0 Å². The molecule has 1 aromatic heterocycles. The van der Waals surface area contributed by atoms with E-state index in [9.17, 15) is 9.59 Å². The highest BCUT2D eigenvalue weighted by Gasteiger charge is 2.26. The van der Waals surface area contributed by atoms with Gasteiger partial charge in [-0.25, -0.2) is 4.98 Å². The molecule has 1 aliphatic heterocycles. The Balaban J connectivity index is 1.65. The van der Waals surface area contributed by atoms with Gasteiger partial charge in [0.05, 0.1) is 29.5 Å². The molecule has 0 saturated carbocycles. The van der Waals surface area contributed by atoms with Gasteiger partial charge in [0, 0.05) is 18.7 Å². The summed E-state index contributed by atoms with van der Waals surface area (Å²) in [5.41, 5.74) is 1.49. The molecule has 2 heterocycles. The Morgan fingerprint density at radius 3 is 2.55 bits per heavy atom. The third-order valence-electron chi connectivity index (χ3n) is 4.60. The summed E-state index contributed by atoms with van der Waals surface area (Å²) in [6.45, 7) is 2.04. The summed E-state index contributed by atoms with van der Waals surface area (Å²) in [5.74, 6) is -0.389. The van der Waals surface area contributed by atoms with E-state index < -0.39 is 5.91 Å². The lowest BCUT2D eigenvalue weighted by molar-refractivity contribution is 0.0303. The van der Waals surface area contributed by atoms with Gasteiger partial charge in [0.2, 0.25) is 0 Å². The zero-order valence-corrected chi connectivity index (χ0v) is 16.2. The Morgan fingerprint density at radius 1 is 1.03 bits per heavy atom.